The molecule has 28 heavy (non-hydrogen) atoms. The van der Waals surface area contributed by atoms with Crippen molar-refractivity contribution >= 4 is 23.1 Å². The van der Waals surface area contributed by atoms with Gasteiger partial charge in [-0.15, -0.1) is 10.2 Å². The Labute approximate surface area is 164 Å². The first-order valence-corrected chi connectivity index (χ1v) is 9.41. The van der Waals surface area contributed by atoms with Crippen LogP contribution in [0.4, 0.5) is 17.2 Å². The number of rotatable bonds is 5. The number of benzene rings is 2. The van der Waals surface area contributed by atoms with Crippen molar-refractivity contribution in [1.29, 1.82) is 0 Å². The molecule has 1 aromatic heterocycles. The van der Waals surface area contributed by atoms with Gasteiger partial charge in [-0.05, 0) is 56.2 Å². The maximum absolute atomic E-state index is 12.6. The summed E-state index contributed by atoms with van der Waals surface area (Å²) in [4.78, 5) is 14.7. The molecule has 0 bridgehead atoms. The molecule has 142 valence electrons. The number of anilines is 3. The van der Waals surface area contributed by atoms with Gasteiger partial charge >= 0.3 is 0 Å². The van der Waals surface area contributed by atoms with Gasteiger partial charge in [-0.25, -0.2) is 0 Å². The molecule has 1 unspecified atom stereocenters. The zero-order chi connectivity index (χ0) is 19.5. The van der Waals surface area contributed by atoms with E-state index in [4.69, 9.17) is 4.74 Å². The zero-order valence-corrected chi connectivity index (χ0v) is 15.9. The normalized spacial score (nSPS) is 15.2. The Morgan fingerprint density at radius 3 is 2.68 bits per heavy atom. The second-order valence-corrected chi connectivity index (χ2v) is 6.71. The third-order valence-electron chi connectivity index (χ3n) is 4.77. The molecule has 0 spiro atoms. The van der Waals surface area contributed by atoms with Gasteiger partial charge in [-0.2, -0.15) is 0 Å². The summed E-state index contributed by atoms with van der Waals surface area (Å²) >= 11 is 0. The fourth-order valence-electron chi connectivity index (χ4n) is 3.53. The predicted octanol–water partition coefficient (Wildman–Crippen LogP) is 4.21. The number of nitrogens with zero attached hydrogens (tertiary/aromatic N) is 3. The lowest BCUT2D eigenvalue weighted by Gasteiger charge is -2.23. The highest BCUT2D eigenvalue weighted by molar-refractivity contribution is 6.03. The van der Waals surface area contributed by atoms with E-state index < -0.39 is 0 Å². The fraction of sp³-hybridized carbons (Fsp3) is 0.227. The summed E-state index contributed by atoms with van der Waals surface area (Å²) in [7, 11) is 0. The van der Waals surface area contributed by atoms with Gasteiger partial charge in [0.25, 0.3) is 5.91 Å². The molecule has 1 amide bonds. The lowest BCUT2D eigenvalue weighted by Crippen LogP contribution is -2.25. The minimum Gasteiger partial charge on any atom is -0.492 e. The van der Waals surface area contributed by atoms with E-state index in [1.54, 1.807) is 12.1 Å². The van der Waals surface area contributed by atoms with Crippen LogP contribution in [0, 0.1) is 0 Å². The van der Waals surface area contributed by atoms with Crippen LogP contribution < -0.4 is 15.0 Å². The van der Waals surface area contributed by atoms with Crippen LogP contribution in [0.2, 0.25) is 0 Å². The molecule has 4 rings (SSSR count). The highest BCUT2D eigenvalue weighted by Gasteiger charge is 2.28. The summed E-state index contributed by atoms with van der Waals surface area (Å²) in [5.41, 5.74) is 3.32. The number of ether oxygens (including phenoxy) is 1. The minimum absolute atomic E-state index is 0.259. The van der Waals surface area contributed by atoms with E-state index in [1.165, 1.54) is 5.56 Å². The van der Waals surface area contributed by atoms with Crippen molar-refractivity contribution in [3.63, 3.8) is 0 Å². The second-order valence-electron chi connectivity index (χ2n) is 6.71. The van der Waals surface area contributed by atoms with E-state index in [0.29, 0.717) is 24.1 Å². The minimum atomic E-state index is -0.318. The van der Waals surface area contributed by atoms with Crippen molar-refractivity contribution < 1.29 is 9.53 Å². The fourth-order valence-corrected chi connectivity index (χ4v) is 3.53. The Kier molecular flexibility index (Phi) is 4.93. The molecule has 0 aliphatic carbocycles. The van der Waals surface area contributed by atoms with Gasteiger partial charge in [-0.1, -0.05) is 30.3 Å². The second kappa shape index (κ2) is 7.68. The Morgan fingerprint density at radius 1 is 1.11 bits per heavy atom. The Bertz CT molecular complexity index is 988. The van der Waals surface area contributed by atoms with Crippen LogP contribution in [0.1, 0.15) is 29.9 Å². The van der Waals surface area contributed by atoms with Crippen LogP contribution in [-0.2, 0) is 6.42 Å². The molecule has 6 nitrogen and oxygen atoms in total. The number of hydrogen-bond donors (Lipinski definition) is 1. The molecule has 1 aliphatic rings. The summed E-state index contributed by atoms with van der Waals surface area (Å²) in [6.45, 7) is 4.59. The quantitative estimate of drug-likeness (QED) is 0.725. The smallest absolute Gasteiger partial charge is 0.276 e. The van der Waals surface area contributed by atoms with E-state index in [1.807, 2.05) is 43.3 Å². The molecular formula is C22H22N4O2. The third-order valence-corrected chi connectivity index (χ3v) is 4.77. The van der Waals surface area contributed by atoms with Gasteiger partial charge in [0.15, 0.2) is 11.5 Å². The van der Waals surface area contributed by atoms with Crippen molar-refractivity contribution in [2.24, 2.45) is 0 Å². The van der Waals surface area contributed by atoms with E-state index in [2.05, 4.69) is 39.5 Å². The molecule has 0 saturated heterocycles. The highest BCUT2D eigenvalue weighted by Crippen LogP contribution is 2.36. The van der Waals surface area contributed by atoms with Crippen molar-refractivity contribution in [1.82, 2.24) is 10.2 Å². The molecular weight excluding hydrogens is 352 g/mol. The number of carbonyl (C=O) groups is 1. The first-order chi connectivity index (χ1) is 13.7. The third kappa shape index (κ3) is 3.41. The lowest BCUT2D eigenvalue weighted by molar-refractivity contribution is 0.102. The molecule has 1 atom stereocenters. The van der Waals surface area contributed by atoms with Crippen LogP contribution in [0.5, 0.6) is 5.75 Å². The largest absolute Gasteiger partial charge is 0.492 e. The Balaban J connectivity index is 1.53. The number of amides is 1. The van der Waals surface area contributed by atoms with Gasteiger partial charge in [0.2, 0.25) is 0 Å². The summed E-state index contributed by atoms with van der Waals surface area (Å²) in [5.74, 6) is 1.05. The SMILES string of the molecule is CCOc1ccccc1NC(=O)c1ccc(N2c3ccccc3CC2C)nn1. The van der Waals surface area contributed by atoms with Crippen molar-refractivity contribution in [3.05, 3.63) is 71.9 Å². The number of para-hydroxylation sites is 3. The molecule has 1 N–H and O–H groups in total. The monoisotopic (exact) mass is 374 g/mol. The number of nitrogens with one attached hydrogen (secondary N) is 1. The first-order valence-electron chi connectivity index (χ1n) is 9.41. The maximum atomic E-state index is 12.6. The summed E-state index contributed by atoms with van der Waals surface area (Å²) in [6.07, 6.45) is 0.967. The van der Waals surface area contributed by atoms with E-state index in [-0.39, 0.29) is 11.6 Å². The van der Waals surface area contributed by atoms with E-state index in [0.717, 1.165) is 17.9 Å². The van der Waals surface area contributed by atoms with Crippen LogP contribution in [-0.4, -0.2) is 28.8 Å². The standard InChI is InChI=1S/C22H22N4O2/c1-3-28-20-11-7-5-9-17(20)23-22(27)18-12-13-21(25-24-18)26-15(2)14-16-8-4-6-10-19(16)26/h4-13,15H,3,14H2,1-2H3,(H,23,27). The molecule has 2 heterocycles. The summed E-state index contributed by atoms with van der Waals surface area (Å²) < 4.78 is 5.55. The predicted molar refractivity (Wildman–Crippen MR) is 109 cm³/mol. The summed E-state index contributed by atoms with van der Waals surface area (Å²) in [5, 5.41) is 11.3. The molecule has 1 aliphatic heterocycles. The average molecular weight is 374 g/mol. The Morgan fingerprint density at radius 2 is 1.89 bits per heavy atom. The van der Waals surface area contributed by atoms with Crippen LogP contribution in [0.15, 0.2) is 60.7 Å². The van der Waals surface area contributed by atoms with Crippen molar-refractivity contribution in [3.8, 4) is 5.75 Å². The van der Waals surface area contributed by atoms with E-state index >= 15 is 0 Å². The molecule has 2 aromatic carbocycles. The average Bonchev–Trinajstić information content (AvgIpc) is 3.05. The summed E-state index contributed by atoms with van der Waals surface area (Å²) in [6, 6.07) is 19.5. The van der Waals surface area contributed by atoms with Crippen molar-refractivity contribution in [2.45, 2.75) is 26.3 Å². The van der Waals surface area contributed by atoms with Gasteiger partial charge in [0.05, 0.1) is 12.3 Å². The maximum Gasteiger partial charge on any atom is 0.276 e. The zero-order valence-electron chi connectivity index (χ0n) is 15.9. The van der Waals surface area contributed by atoms with Gasteiger partial charge in [0.1, 0.15) is 5.75 Å². The Hall–Kier alpha value is -3.41. The molecule has 0 fully saturated rings. The molecule has 3 aromatic rings. The topological polar surface area (TPSA) is 67.3 Å². The van der Waals surface area contributed by atoms with Crippen LogP contribution in [0.3, 0.4) is 0 Å². The molecule has 0 radical (unpaired) electrons. The number of aromatic nitrogens is 2. The highest BCUT2D eigenvalue weighted by atomic mass is 16.5. The number of fused-ring (bicyclic) bond motifs is 1. The van der Waals surface area contributed by atoms with Gasteiger partial charge in [0, 0.05) is 11.7 Å². The van der Waals surface area contributed by atoms with Crippen LogP contribution in [0.25, 0.3) is 0 Å². The first kappa shape index (κ1) is 18.0. The molecule has 0 saturated carbocycles. The molecule has 6 heteroatoms. The van der Waals surface area contributed by atoms with Crippen LogP contribution >= 0.6 is 0 Å². The van der Waals surface area contributed by atoms with Gasteiger partial charge in [-0.3, -0.25) is 4.79 Å². The number of carbonyl (C=O) groups excluding carboxylic acids is 1. The van der Waals surface area contributed by atoms with Gasteiger partial charge < -0.3 is 15.0 Å². The van der Waals surface area contributed by atoms with E-state index in [9.17, 15) is 4.79 Å². The van der Waals surface area contributed by atoms with Crippen molar-refractivity contribution in [2.75, 3.05) is 16.8 Å². The number of hydrogen-bond acceptors (Lipinski definition) is 5. The lowest BCUT2D eigenvalue weighted by atomic mass is 10.1.